The Morgan fingerprint density at radius 2 is 1.70 bits per heavy atom. The van der Waals surface area contributed by atoms with Crippen LogP contribution in [0.1, 0.15) is 11.1 Å². The maximum Gasteiger partial charge on any atom is 0.282 e. The van der Waals surface area contributed by atoms with Crippen molar-refractivity contribution in [2.45, 2.75) is 6.61 Å². The highest BCUT2D eigenvalue weighted by atomic mass is 35.5. The van der Waals surface area contributed by atoms with Crippen molar-refractivity contribution in [1.29, 1.82) is 0 Å². The minimum Gasteiger partial charge on any atom is -0.493 e. The number of ether oxygens (including phenoxy) is 2. The van der Waals surface area contributed by atoms with Crippen molar-refractivity contribution in [3.63, 3.8) is 0 Å². The van der Waals surface area contributed by atoms with Gasteiger partial charge >= 0.3 is 0 Å². The molecule has 3 aromatic carbocycles. The summed E-state index contributed by atoms with van der Waals surface area (Å²) in [6.07, 6.45) is 1.46. The number of carbonyl (C=O) groups is 2. The van der Waals surface area contributed by atoms with Gasteiger partial charge in [-0.05, 0) is 53.6 Å². The number of amides is 2. The minimum atomic E-state index is -0.515. The molecule has 0 atom stereocenters. The molecule has 1 aliphatic heterocycles. The van der Waals surface area contributed by atoms with Gasteiger partial charge < -0.3 is 9.47 Å². The number of para-hydroxylation sites is 1. The van der Waals surface area contributed by atoms with Gasteiger partial charge in [-0.25, -0.2) is 5.01 Å². The fraction of sp³-hybridized carbons (Fsp3) is 0.0833. The summed E-state index contributed by atoms with van der Waals surface area (Å²) in [6.45, 7) is 0.181. The summed E-state index contributed by atoms with van der Waals surface area (Å²) < 4.78 is 11.3. The van der Waals surface area contributed by atoms with E-state index in [1.807, 2.05) is 6.07 Å². The lowest BCUT2D eigenvalue weighted by Gasteiger charge is -2.14. The first-order valence-corrected chi connectivity index (χ1v) is 10.9. The van der Waals surface area contributed by atoms with E-state index < -0.39 is 11.8 Å². The molecule has 1 N–H and O–H groups in total. The number of hydrogen-bond donors (Lipinski definition) is 1. The van der Waals surface area contributed by atoms with E-state index in [2.05, 4.69) is 5.43 Å². The van der Waals surface area contributed by atoms with Crippen LogP contribution in [0.3, 0.4) is 0 Å². The Balaban J connectivity index is 1.58. The number of hydrazine groups is 1. The number of carbonyl (C=O) groups excluding carboxylic acids is 2. The van der Waals surface area contributed by atoms with Crippen LogP contribution in [0.25, 0.3) is 6.08 Å². The van der Waals surface area contributed by atoms with Gasteiger partial charge in [-0.15, -0.1) is 0 Å². The lowest BCUT2D eigenvalue weighted by molar-refractivity contribution is -0.117. The lowest BCUT2D eigenvalue weighted by Crippen LogP contribution is -2.35. The van der Waals surface area contributed by atoms with Gasteiger partial charge in [-0.2, -0.15) is 0 Å². The van der Waals surface area contributed by atoms with Crippen molar-refractivity contribution in [3.8, 4) is 11.5 Å². The van der Waals surface area contributed by atoms with E-state index in [1.54, 1.807) is 54.6 Å². The summed E-state index contributed by atoms with van der Waals surface area (Å²) in [7, 11) is 1.47. The molecule has 9 heteroatoms. The van der Waals surface area contributed by atoms with Crippen molar-refractivity contribution in [1.82, 2.24) is 5.43 Å². The van der Waals surface area contributed by atoms with Crippen molar-refractivity contribution >= 4 is 58.4 Å². The van der Waals surface area contributed by atoms with Gasteiger partial charge in [0.05, 0.1) is 27.9 Å². The number of nitrogens with zero attached hydrogens (tertiary/aromatic N) is 1. The molecule has 1 aliphatic rings. The van der Waals surface area contributed by atoms with Crippen LogP contribution in [0.5, 0.6) is 11.5 Å². The van der Waals surface area contributed by atoms with Crippen LogP contribution in [0.4, 0.5) is 5.69 Å². The molecule has 1 saturated heterocycles. The molecular formula is C24H17Cl3N2O4. The molecule has 3 aromatic rings. The minimum absolute atomic E-state index is 0.0264. The number of methoxy groups -OCH3 is 1. The lowest BCUT2D eigenvalue weighted by atomic mass is 10.1. The normalized spacial score (nSPS) is 14.5. The highest BCUT2D eigenvalue weighted by Crippen LogP contribution is 2.38. The molecule has 33 heavy (non-hydrogen) atoms. The number of hydrogen-bond acceptors (Lipinski definition) is 4. The fourth-order valence-electron chi connectivity index (χ4n) is 3.23. The molecule has 0 radical (unpaired) electrons. The molecule has 0 unspecified atom stereocenters. The predicted octanol–water partition coefficient (Wildman–Crippen LogP) is 5.70. The zero-order chi connectivity index (χ0) is 23.5. The largest absolute Gasteiger partial charge is 0.493 e. The Hall–Kier alpha value is -3.19. The van der Waals surface area contributed by atoms with E-state index in [4.69, 9.17) is 44.3 Å². The van der Waals surface area contributed by atoms with Gasteiger partial charge in [0.25, 0.3) is 11.8 Å². The quantitative estimate of drug-likeness (QED) is 0.346. The van der Waals surface area contributed by atoms with E-state index in [0.29, 0.717) is 32.8 Å². The highest BCUT2D eigenvalue weighted by Gasteiger charge is 2.34. The third-order valence-electron chi connectivity index (χ3n) is 4.84. The maximum atomic E-state index is 12.8. The molecule has 0 aromatic heterocycles. The average molecular weight is 504 g/mol. The first kappa shape index (κ1) is 23.0. The van der Waals surface area contributed by atoms with Crippen LogP contribution in [0.2, 0.25) is 15.1 Å². The van der Waals surface area contributed by atoms with Crippen LogP contribution in [0.15, 0.2) is 66.2 Å². The summed E-state index contributed by atoms with van der Waals surface area (Å²) in [5.74, 6) is -0.319. The molecule has 1 heterocycles. The molecule has 168 valence electrons. The fourth-order valence-corrected chi connectivity index (χ4v) is 3.83. The molecule has 4 rings (SSSR count). The Morgan fingerprint density at radius 3 is 2.39 bits per heavy atom. The number of rotatable bonds is 6. The van der Waals surface area contributed by atoms with Gasteiger partial charge in [-0.3, -0.25) is 15.0 Å². The average Bonchev–Trinajstić information content (AvgIpc) is 3.09. The van der Waals surface area contributed by atoms with Crippen LogP contribution < -0.4 is 19.9 Å². The second-order valence-electron chi connectivity index (χ2n) is 7.05. The highest BCUT2D eigenvalue weighted by molar-refractivity contribution is 6.42. The molecule has 0 spiro atoms. The van der Waals surface area contributed by atoms with Crippen molar-refractivity contribution in [2.24, 2.45) is 0 Å². The smallest absolute Gasteiger partial charge is 0.282 e. The number of benzene rings is 3. The van der Waals surface area contributed by atoms with Gasteiger partial charge in [0.15, 0.2) is 11.5 Å². The SMILES string of the molecule is COc1cc(C=C2C(=O)NN(c3ccccc3)C2=O)cc(Cl)c1OCc1ccc(Cl)c(Cl)c1. The Labute approximate surface area is 205 Å². The first-order chi connectivity index (χ1) is 15.9. The van der Waals surface area contributed by atoms with Gasteiger partial charge in [0.2, 0.25) is 0 Å². The Morgan fingerprint density at radius 1 is 0.939 bits per heavy atom. The van der Waals surface area contributed by atoms with E-state index in [-0.39, 0.29) is 17.2 Å². The van der Waals surface area contributed by atoms with Crippen LogP contribution in [0, 0.1) is 0 Å². The molecule has 6 nitrogen and oxygen atoms in total. The van der Waals surface area contributed by atoms with E-state index >= 15 is 0 Å². The number of nitrogens with one attached hydrogen (secondary N) is 1. The Bertz CT molecular complexity index is 1260. The van der Waals surface area contributed by atoms with Gasteiger partial charge in [0, 0.05) is 0 Å². The predicted molar refractivity (Wildman–Crippen MR) is 129 cm³/mol. The van der Waals surface area contributed by atoms with E-state index in [9.17, 15) is 9.59 Å². The summed E-state index contributed by atoms with van der Waals surface area (Å²) in [4.78, 5) is 25.2. The second kappa shape index (κ2) is 9.75. The standard InChI is InChI=1S/C24H17Cl3N2O4/c1-32-21-12-15(9-17-23(30)28-29(24(17)31)16-5-3-2-4-6-16)11-20(27)22(21)33-13-14-7-8-18(25)19(26)10-14/h2-12H,13H2,1H3,(H,28,30). The summed E-state index contributed by atoms with van der Waals surface area (Å²) >= 11 is 18.4. The van der Waals surface area contributed by atoms with Crippen LogP contribution in [-0.4, -0.2) is 18.9 Å². The first-order valence-electron chi connectivity index (χ1n) is 9.74. The topological polar surface area (TPSA) is 67.9 Å². The van der Waals surface area contributed by atoms with Crippen molar-refractivity contribution in [2.75, 3.05) is 12.1 Å². The third-order valence-corrected chi connectivity index (χ3v) is 5.86. The van der Waals surface area contributed by atoms with Crippen LogP contribution in [-0.2, 0) is 16.2 Å². The van der Waals surface area contributed by atoms with Gasteiger partial charge in [-0.1, -0.05) is 59.1 Å². The zero-order valence-electron chi connectivity index (χ0n) is 17.3. The molecule has 0 saturated carbocycles. The van der Waals surface area contributed by atoms with Crippen LogP contribution >= 0.6 is 34.8 Å². The Kier molecular flexibility index (Phi) is 6.79. The third kappa shape index (κ3) is 4.93. The van der Waals surface area contributed by atoms with Gasteiger partial charge in [0.1, 0.15) is 12.2 Å². The molecular weight excluding hydrogens is 487 g/mol. The zero-order valence-corrected chi connectivity index (χ0v) is 19.5. The number of anilines is 1. The molecule has 2 amide bonds. The summed E-state index contributed by atoms with van der Waals surface area (Å²) in [5, 5.41) is 2.32. The van der Waals surface area contributed by atoms with Crippen molar-refractivity contribution in [3.05, 3.63) is 92.4 Å². The van der Waals surface area contributed by atoms with E-state index in [1.165, 1.54) is 18.2 Å². The molecule has 1 fully saturated rings. The second-order valence-corrected chi connectivity index (χ2v) is 8.27. The maximum absolute atomic E-state index is 12.8. The van der Waals surface area contributed by atoms with E-state index in [0.717, 1.165) is 5.56 Å². The number of halogens is 3. The summed E-state index contributed by atoms with van der Waals surface area (Å²) in [5.41, 5.74) is 4.39. The molecule has 0 bridgehead atoms. The summed E-state index contributed by atoms with van der Waals surface area (Å²) in [6, 6.07) is 17.2. The monoisotopic (exact) mass is 502 g/mol. The molecule has 0 aliphatic carbocycles. The van der Waals surface area contributed by atoms with Crippen molar-refractivity contribution < 1.29 is 19.1 Å².